The fourth-order valence-corrected chi connectivity index (χ4v) is 0.950. The standard InChI is InChI=1S/C11H20N2O5/c1-6(8(14)12-7(2)9(15)16)13-10(17)18-11(3,4)5/h6-7H,1-5H3,(H,12,14)(H,13,17)(H,15,16)/t6?,7-/m0/s1. The summed E-state index contributed by atoms with van der Waals surface area (Å²) in [6.07, 6.45) is -0.729. The predicted molar refractivity (Wildman–Crippen MR) is 64.1 cm³/mol. The van der Waals surface area contributed by atoms with Crippen LogP contribution in [0.5, 0.6) is 0 Å². The summed E-state index contributed by atoms with van der Waals surface area (Å²) in [5.74, 6) is -1.73. The fourth-order valence-electron chi connectivity index (χ4n) is 0.950. The van der Waals surface area contributed by atoms with Crippen LogP contribution < -0.4 is 10.6 Å². The Morgan fingerprint density at radius 2 is 1.56 bits per heavy atom. The average molecular weight is 260 g/mol. The van der Waals surface area contributed by atoms with Gasteiger partial charge in [-0.3, -0.25) is 9.59 Å². The van der Waals surface area contributed by atoms with Gasteiger partial charge < -0.3 is 20.5 Å². The van der Waals surface area contributed by atoms with Crippen molar-refractivity contribution in [1.82, 2.24) is 10.6 Å². The SMILES string of the molecule is CC(NC(=O)OC(C)(C)C)C(=O)N[C@@H](C)C(=O)O. The molecule has 2 amide bonds. The molecule has 0 aromatic carbocycles. The lowest BCUT2D eigenvalue weighted by Gasteiger charge is -2.22. The third kappa shape index (κ3) is 6.72. The first kappa shape index (κ1) is 16.2. The van der Waals surface area contributed by atoms with Crippen molar-refractivity contribution < 1.29 is 24.2 Å². The average Bonchev–Trinajstić information content (AvgIpc) is 2.13. The number of alkyl carbamates (subject to hydrolysis) is 1. The smallest absolute Gasteiger partial charge is 0.408 e. The van der Waals surface area contributed by atoms with E-state index in [0.29, 0.717) is 0 Å². The van der Waals surface area contributed by atoms with E-state index in [4.69, 9.17) is 9.84 Å². The molecule has 0 fully saturated rings. The summed E-state index contributed by atoms with van der Waals surface area (Å²) in [6.45, 7) is 7.87. The Hall–Kier alpha value is -1.79. The minimum Gasteiger partial charge on any atom is -0.480 e. The van der Waals surface area contributed by atoms with E-state index in [1.54, 1.807) is 20.8 Å². The predicted octanol–water partition coefficient (Wildman–Crippen LogP) is 0.489. The summed E-state index contributed by atoms with van der Waals surface area (Å²) >= 11 is 0. The van der Waals surface area contributed by atoms with Crippen LogP contribution in [0.1, 0.15) is 34.6 Å². The first-order valence-electron chi connectivity index (χ1n) is 5.55. The molecule has 7 nitrogen and oxygen atoms in total. The highest BCUT2D eigenvalue weighted by molar-refractivity contribution is 5.88. The van der Waals surface area contributed by atoms with Crippen LogP contribution in [0.25, 0.3) is 0 Å². The van der Waals surface area contributed by atoms with Gasteiger partial charge >= 0.3 is 12.1 Å². The lowest BCUT2D eigenvalue weighted by molar-refractivity contribution is -0.141. The zero-order valence-corrected chi connectivity index (χ0v) is 11.2. The molecule has 0 saturated heterocycles. The second-order valence-corrected chi connectivity index (χ2v) is 4.94. The highest BCUT2D eigenvalue weighted by Gasteiger charge is 2.23. The summed E-state index contributed by atoms with van der Waals surface area (Å²) in [5.41, 5.74) is -0.658. The van der Waals surface area contributed by atoms with Gasteiger partial charge in [0.2, 0.25) is 5.91 Å². The second kappa shape index (κ2) is 6.23. The van der Waals surface area contributed by atoms with Crippen molar-refractivity contribution in [2.75, 3.05) is 0 Å². The Bertz CT molecular complexity index is 335. The molecule has 0 aromatic heterocycles. The summed E-state index contributed by atoms with van der Waals surface area (Å²) in [5, 5.41) is 13.2. The van der Waals surface area contributed by atoms with Crippen molar-refractivity contribution in [1.29, 1.82) is 0 Å². The Kier molecular flexibility index (Phi) is 5.61. The van der Waals surface area contributed by atoms with E-state index in [2.05, 4.69) is 10.6 Å². The number of carbonyl (C=O) groups is 3. The molecular formula is C11H20N2O5. The largest absolute Gasteiger partial charge is 0.480 e. The molecule has 2 atom stereocenters. The van der Waals surface area contributed by atoms with Crippen molar-refractivity contribution in [3.63, 3.8) is 0 Å². The zero-order chi connectivity index (χ0) is 14.5. The van der Waals surface area contributed by atoms with Crippen LogP contribution in [-0.4, -0.2) is 40.8 Å². The quantitative estimate of drug-likeness (QED) is 0.682. The maximum atomic E-state index is 11.5. The molecule has 0 spiro atoms. The van der Waals surface area contributed by atoms with Crippen molar-refractivity contribution in [2.45, 2.75) is 52.3 Å². The topological polar surface area (TPSA) is 105 Å². The second-order valence-electron chi connectivity index (χ2n) is 4.94. The highest BCUT2D eigenvalue weighted by Crippen LogP contribution is 2.06. The normalized spacial score (nSPS) is 14.3. The van der Waals surface area contributed by atoms with Gasteiger partial charge in [0, 0.05) is 0 Å². The van der Waals surface area contributed by atoms with Crippen LogP contribution >= 0.6 is 0 Å². The molecule has 0 rings (SSSR count). The van der Waals surface area contributed by atoms with Gasteiger partial charge in [0.05, 0.1) is 0 Å². The van der Waals surface area contributed by atoms with Crippen LogP contribution in [0.4, 0.5) is 4.79 Å². The van der Waals surface area contributed by atoms with Gasteiger partial charge in [-0.05, 0) is 34.6 Å². The van der Waals surface area contributed by atoms with Crippen LogP contribution in [0.3, 0.4) is 0 Å². The molecule has 1 unspecified atom stereocenters. The minimum atomic E-state index is -1.15. The van der Waals surface area contributed by atoms with E-state index < -0.39 is 35.7 Å². The van der Waals surface area contributed by atoms with E-state index in [1.165, 1.54) is 13.8 Å². The van der Waals surface area contributed by atoms with Gasteiger partial charge in [0.25, 0.3) is 0 Å². The van der Waals surface area contributed by atoms with Crippen molar-refractivity contribution in [3.8, 4) is 0 Å². The number of nitrogens with one attached hydrogen (secondary N) is 2. The van der Waals surface area contributed by atoms with E-state index in [1.807, 2.05) is 0 Å². The summed E-state index contributed by atoms with van der Waals surface area (Å²) in [6, 6.07) is -1.89. The van der Waals surface area contributed by atoms with Gasteiger partial charge in [-0.25, -0.2) is 4.79 Å². The summed E-state index contributed by atoms with van der Waals surface area (Å²) in [7, 11) is 0. The molecule has 104 valence electrons. The van der Waals surface area contributed by atoms with Gasteiger partial charge in [-0.2, -0.15) is 0 Å². The number of hydrogen-bond acceptors (Lipinski definition) is 4. The Labute approximate surface area is 106 Å². The Balaban J connectivity index is 4.24. The third-order valence-corrected chi connectivity index (χ3v) is 1.86. The van der Waals surface area contributed by atoms with Crippen LogP contribution in [-0.2, 0) is 14.3 Å². The molecule has 0 saturated carbocycles. The summed E-state index contributed by atoms with van der Waals surface area (Å²) < 4.78 is 4.96. The molecule has 0 aliphatic heterocycles. The molecule has 0 heterocycles. The first-order valence-corrected chi connectivity index (χ1v) is 5.55. The minimum absolute atomic E-state index is 0.587. The monoisotopic (exact) mass is 260 g/mol. The lowest BCUT2D eigenvalue weighted by Crippen LogP contribution is -2.50. The number of carboxylic acid groups (broad SMARTS) is 1. The Morgan fingerprint density at radius 3 is 1.94 bits per heavy atom. The number of ether oxygens (including phenoxy) is 1. The van der Waals surface area contributed by atoms with Gasteiger partial charge in [-0.15, -0.1) is 0 Å². The van der Waals surface area contributed by atoms with Gasteiger partial charge in [0.1, 0.15) is 17.7 Å². The lowest BCUT2D eigenvalue weighted by atomic mass is 10.2. The van der Waals surface area contributed by atoms with Crippen molar-refractivity contribution >= 4 is 18.0 Å². The van der Waals surface area contributed by atoms with Crippen molar-refractivity contribution in [3.05, 3.63) is 0 Å². The van der Waals surface area contributed by atoms with Gasteiger partial charge in [-0.1, -0.05) is 0 Å². The molecular weight excluding hydrogens is 240 g/mol. The number of amides is 2. The van der Waals surface area contributed by atoms with E-state index in [9.17, 15) is 14.4 Å². The van der Waals surface area contributed by atoms with Crippen LogP contribution in [0.2, 0.25) is 0 Å². The van der Waals surface area contributed by atoms with E-state index >= 15 is 0 Å². The Morgan fingerprint density at radius 1 is 1.06 bits per heavy atom. The highest BCUT2D eigenvalue weighted by atomic mass is 16.6. The number of carbonyl (C=O) groups excluding carboxylic acids is 2. The summed E-state index contributed by atoms with van der Waals surface area (Å²) in [4.78, 5) is 33.4. The first-order chi connectivity index (χ1) is 8.03. The molecule has 0 radical (unpaired) electrons. The number of rotatable bonds is 4. The number of aliphatic carboxylic acids is 1. The molecule has 7 heteroatoms. The van der Waals surface area contributed by atoms with Gasteiger partial charge in [0.15, 0.2) is 0 Å². The maximum absolute atomic E-state index is 11.5. The van der Waals surface area contributed by atoms with E-state index in [0.717, 1.165) is 0 Å². The molecule has 0 aliphatic carbocycles. The molecule has 18 heavy (non-hydrogen) atoms. The zero-order valence-electron chi connectivity index (χ0n) is 11.2. The molecule has 0 bridgehead atoms. The van der Waals surface area contributed by atoms with Crippen LogP contribution in [0.15, 0.2) is 0 Å². The van der Waals surface area contributed by atoms with Crippen LogP contribution in [0, 0.1) is 0 Å². The number of hydrogen-bond donors (Lipinski definition) is 3. The number of carboxylic acids is 1. The van der Waals surface area contributed by atoms with E-state index in [-0.39, 0.29) is 0 Å². The third-order valence-electron chi connectivity index (χ3n) is 1.86. The molecule has 0 aliphatic rings. The molecule has 0 aromatic rings. The maximum Gasteiger partial charge on any atom is 0.408 e. The fraction of sp³-hybridized carbons (Fsp3) is 0.727. The van der Waals surface area contributed by atoms with Crippen molar-refractivity contribution in [2.24, 2.45) is 0 Å². The molecule has 3 N–H and O–H groups in total.